The van der Waals surface area contributed by atoms with Crippen molar-refractivity contribution in [3.8, 4) is 0 Å². The van der Waals surface area contributed by atoms with Crippen LogP contribution in [0, 0.1) is 5.92 Å². The first-order valence-corrected chi connectivity index (χ1v) is 5.11. The van der Waals surface area contributed by atoms with E-state index in [4.69, 9.17) is 5.11 Å². The van der Waals surface area contributed by atoms with Gasteiger partial charge in [-0.25, -0.2) is 0 Å². The maximum Gasteiger partial charge on any atom is 0.306 e. The monoisotopic (exact) mass is 182 g/mol. The van der Waals surface area contributed by atoms with E-state index < -0.39 is 5.97 Å². The molecule has 0 aromatic carbocycles. The van der Waals surface area contributed by atoms with Crippen molar-refractivity contribution >= 4 is 5.97 Å². The molecule has 0 aromatic rings. The highest BCUT2D eigenvalue weighted by atomic mass is 16.4. The summed E-state index contributed by atoms with van der Waals surface area (Å²) in [5.41, 5.74) is 1.54. The average Bonchev–Trinajstić information content (AvgIpc) is 2.56. The Balaban J connectivity index is 2.09. The van der Waals surface area contributed by atoms with Crippen LogP contribution in [0.1, 0.15) is 45.4 Å². The Bertz CT molecular complexity index is 206. The predicted molar refractivity (Wildman–Crippen MR) is 52.6 cm³/mol. The van der Waals surface area contributed by atoms with Crippen molar-refractivity contribution < 1.29 is 9.90 Å². The molecule has 1 unspecified atom stereocenters. The molecule has 0 spiro atoms. The SMILES string of the molecule is CC(CCCC1=CCCC1)C(=O)O. The standard InChI is InChI=1S/C11H18O2/c1-9(11(12)13)5-4-8-10-6-2-3-7-10/h6,9H,2-5,7-8H2,1H3,(H,12,13). The Morgan fingerprint density at radius 1 is 1.69 bits per heavy atom. The summed E-state index contributed by atoms with van der Waals surface area (Å²) in [4.78, 5) is 10.5. The molecule has 1 aliphatic rings. The molecule has 0 saturated carbocycles. The van der Waals surface area contributed by atoms with Crippen molar-refractivity contribution in [2.75, 3.05) is 0 Å². The highest BCUT2D eigenvalue weighted by Crippen LogP contribution is 2.23. The van der Waals surface area contributed by atoms with Gasteiger partial charge in [0.15, 0.2) is 0 Å². The molecule has 74 valence electrons. The maximum absolute atomic E-state index is 10.5. The molecular formula is C11H18O2. The van der Waals surface area contributed by atoms with Gasteiger partial charge in [-0.2, -0.15) is 0 Å². The van der Waals surface area contributed by atoms with Crippen molar-refractivity contribution in [2.24, 2.45) is 5.92 Å². The van der Waals surface area contributed by atoms with E-state index in [9.17, 15) is 4.79 Å². The van der Waals surface area contributed by atoms with Gasteiger partial charge in [-0.3, -0.25) is 4.79 Å². The smallest absolute Gasteiger partial charge is 0.306 e. The molecule has 0 bridgehead atoms. The molecule has 0 heterocycles. The van der Waals surface area contributed by atoms with Gasteiger partial charge in [0.25, 0.3) is 0 Å². The van der Waals surface area contributed by atoms with Crippen LogP contribution in [0.15, 0.2) is 11.6 Å². The molecular weight excluding hydrogens is 164 g/mol. The first-order valence-electron chi connectivity index (χ1n) is 5.11. The number of hydrogen-bond donors (Lipinski definition) is 1. The minimum Gasteiger partial charge on any atom is -0.481 e. The zero-order valence-corrected chi connectivity index (χ0v) is 8.25. The molecule has 2 heteroatoms. The van der Waals surface area contributed by atoms with Crippen LogP contribution in [0.2, 0.25) is 0 Å². The van der Waals surface area contributed by atoms with Crippen LogP contribution in [-0.2, 0) is 4.79 Å². The number of carbonyl (C=O) groups is 1. The molecule has 0 radical (unpaired) electrons. The second-order valence-corrected chi connectivity index (χ2v) is 3.89. The van der Waals surface area contributed by atoms with Gasteiger partial charge in [-0.05, 0) is 38.5 Å². The van der Waals surface area contributed by atoms with E-state index in [-0.39, 0.29) is 5.92 Å². The first kappa shape index (κ1) is 10.3. The van der Waals surface area contributed by atoms with Gasteiger partial charge < -0.3 is 5.11 Å². The van der Waals surface area contributed by atoms with Gasteiger partial charge in [-0.1, -0.05) is 18.6 Å². The van der Waals surface area contributed by atoms with Crippen LogP contribution >= 0.6 is 0 Å². The van der Waals surface area contributed by atoms with Crippen LogP contribution in [-0.4, -0.2) is 11.1 Å². The number of aliphatic carboxylic acids is 1. The third-order valence-corrected chi connectivity index (χ3v) is 2.69. The van der Waals surface area contributed by atoms with Crippen LogP contribution < -0.4 is 0 Å². The lowest BCUT2D eigenvalue weighted by atomic mass is 10.0. The van der Waals surface area contributed by atoms with E-state index in [1.165, 1.54) is 24.8 Å². The summed E-state index contributed by atoms with van der Waals surface area (Å²) in [5.74, 6) is -0.845. The number of rotatable bonds is 5. The molecule has 1 rings (SSSR count). The lowest BCUT2D eigenvalue weighted by Gasteiger charge is -2.05. The Morgan fingerprint density at radius 2 is 2.46 bits per heavy atom. The summed E-state index contributed by atoms with van der Waals surface area (Å²) in [6.45, 7) is 1.78. The summed E-state index contributed by atoms with van der Waals surface area (Å²) >= 11 is 0. The zero-order chi connectivity index (χ0) is 9.68. The third kappa shape index (κ3) is 3.62. The van der Waals surface area contributed by atoms with E-state index in [0.29, 0.717) is 0 Å². The van der Waals surface area contributed by atoms with E-state index in [1.807, 2.05) is 0 Å². The molecule has 0 saturated heterocycles. The number of carboxylic acids is 1. The fourth-order valence-electron chi connectivity index (χ4n) is 1.72. The van der Waals surface area contributed by atoms with Gasteiger partial charge in [0.05, 0.1) is 5.92 Å². The quantitative estimate of drug-likeness (QED) is 0.664. The van der Waals surface area contributed by atoms with Crippen molar-refractivity contribution in [3.63, 3.8) is 0 Å². The minimum atomic E-state index is -0.666. The van der Waals surface area contributed by atoms with E-state index in [2.05, 4.69) is 6.08 Å². The summed E-state index contributed by atoms with van der Waals surface area (Å²) < 4.78 is 0. The lowest BCUT2D eigenvalue weighted by molar-refractivity contribution is -0.141. The average molecular weight is 182 g/mol. The number of carboxylic acid groups (broad SMARTS) is 1. The zero-order valence-electron chi connectivity index (χ0n) is 8.25. The number of hydrogen-bond acceptors (Lipinski definition) is 1. The highest BCUT2D eigenvalue weighted by Gasteiger charge is 2.11. The van der Waals surface area contributed by atoms with Crippen molar-refractivity contribution in [2.45, 2.75) is 45.4 Å². The van der Waals surface area contributed by atoms with E-state index in [0.717, 1.165) is 19.3 Å². The summed E-state index contributed by atoms with van der Waals surface area (Å²) in [5, 5.41) is 8.66. The number of allylic oxidation sites excluding steroid dienone is 2. The topological polar surface area (TPSA) is 37.3 Å². The van der Waals surface area contributed by atoms with Crippen LogP contribution in [0.25, 0.3) is 0 Å². The molecule has 1 atom stereocenters. The molecule has 0 aliphatic heterocycles. The fraction of sp³-hybridized carbons (Fsp3) is 0.727. The van der Waals surface area contributed by atoms with E-state index in [1.54, 1.807) is 6.92 Å². The molecule has 13 heavy (non-hydrogen) atoms. The summed E-state index contributed by atoms with van der Waals surface area (Å²) in [6.07, 6.45) is 9.02. The second kappa shape index (κ2) is 5.05. The minimum absolute atomic E-state index is 0.179. The third-order valence-electron chi connectivity index (χ3n) is 2.69. The van der Waals surface area contributed by atoms with Gasteiger partial charge in [-0.15, -0.1) is 0 Å². The lowest BCUT2D eigenvalue weighted by Crippen LogP contribution is -2.08. The highest BCUT2D eigenvalue weighted by molar-refractivity contribution is 5.69. The molecule has 2 nitrogen and oxygen atoms in total. The fourth-order valence-corrected chi connectivity index (χ4v) is 1.72. The van der Waals surface area contributed by atoms with Crippen molar-refractivity contribution in [1.82, 2.24) is 0 Å². The Kier molecular flexibility index (Phi) is 4.00. The van der Waals surface area contributed by atoms with Crippen LogP contribution in [0.3, 0.4) is 0 Å². The predicted octanol–water partition coefficient (Wildman–Crippen LogP) is 2.99. The Hall–Kier alpha value is -0.790. The van der Waals surface area contributed by atoms with Gasteiger partial charge in [0, 0.05) is 0 Å². The molecule has 1 N–H and O–H groups in total. The summed E-state index contributed by atoms with van der Waals surface area (Å²) in [6, 6.07) is 0. The molecule has 0 amide bonds. The van der Waals surface area contributed by atoms with Crippen LogP contribution in [0.5, 0.6) is 0 Å². The molecule has 0 aromatic heterocycles. The second-order valence-electron chi connectivity index (χ2n) is 3.89. The normalized spacial score (nSPS) is 18.4. The van der Waals surface area contributed by atoms with Gasteiger partial charge in [0.1, 0.15) is 0 Å². The van der Waals surface area contributed by atoms with Crippen molar-refractivity contribution in [3.05, 3.63) is 11.6 Å². The van der Waals surface area contributed by atoms with Gasteiger partial charge in [0.2, 0.25) is 0 Å². The van der Waals surface area contributed by atoms with E-state index >= 15 is 0 Å². The largest absolute Gasteiger partial charge is 0.481 e. The molecule has 0 fully saturated rings. The molecule has 1 aliphatic carbocycles. The maximum atomic E-state index is 10.5. The van der Waals surface area contributed by atoms with Crippen LogP contribution in [0.4, 0.5) is 0 Å². The Morgan fingerprint density at radius 3 is 3.00 bits per heavy atom. The first-order chi connectivity index (χ1) is 6.20. The Labute approximate surface area is 79.6 Å². The van der Waals surface area contributed by atoms with Gasteiger partial charge >= 0.3 is 5.97 Å². The summed E-state index contributed by atoms with van der Waals surface area (Å²) in [7, 11) is 0. The van der Waals surface area contributed by atoms with Crippen molar-refractivity contribution in [1.29, 1.82) is 0 Å².